The fraction of sp³-hybridized carbons (Fsp3) is 0.192. The number of amides is 2. The topological polar surface area (TPSA) is 140 Å². The Bertz CT molecular complexity index is 2860. The van der Waals surface area contributed by atoms with E-state index >= 15 is 14.4 Å². The van der Waals surface area contributed by atoms with E-state index in [9.17, 15) is 5.11 Å². The minimum absolute atomic E-state index is 0.0109. The minimum atomic E-state index is -1.70. The van der Waals surface area contributed by atoms with E-state index in [0.29, 0.717) is 34.7 Å². The predicted octanol–water partition coefficient (Wildman–Crippen LogP) is 7.34. The van der Waals surface area contributed by atoms with Gasteiger partial charge in [0.25, 0.3) is 0 Å². The first kappa shape index (κ1) is 39.6. The quantitative estimate of drug-likeness (QED) is 0.0876. The maximum atomic E-state index is 15.5. The van der Waals surface area contributed by atoms with Gasteiger partial charge in [-0.2, -0.15) is 0 Å². The minimum Gasteiger partial charge on any atom is -0.508 e. The summed E-state index contributed by atoms with van der Waals surface area (Å²) in [6, 6.07) is 46.5. The molecule has 4 N–H and O–H groups in total. The van der Waals surface area contributed by atoms with Gasteiger partial charge in [-0.25, -0.2) is 4.98 Å². The zero-order valence-corrected chi connectivity index (χ0v) is 34.4. The number of fused-ring (bicyclic) bond motifs is 4. The van der Waals surface area contributed by atoms with E-state index in [1.165, 1.54) is 5.56 Å². The number of nitrogens with one attached hydrogen (secondary N) is 3. The van der Waals surface area contributed by atoms with Gasteiger partial charge < -0.3 is 25.5 Å². The van der Waals surface area contributed by atoms with Crippen LogP contribution in [0.4, 0.5) is 5.69 Å². The molecule has 6 atom stereocenters. The molecule has 3 aliphatic rings. The van der Waals surface area contributed by atoms with E-state index in [-0.39, 0.29) is 12.3 Å². The van der Waals surface area contributed by atoms with Gasteiger partial charge in [-0.15, -0.1) is 0 Å². The number of phenolic OH excluding ortho intramolecular Hbond substituents is 1. The van der Waals surface area contributed by atoms with Crippen LogP contribution >= 0.6 is 0 Å². The SMILES string of the molecule is CN(CC#Cc1ccc2c(c1)[C@]1(C(=O)N2)[C@H](C(=O)NCc2nc3ccccc3[nH]2)[C@H]2C(=O)O[C@H](c3ccccc3)[C@H](c3ccccc3)N2[C@@H]1c1ccc(O)cc1)Cc1ccccc1. The second-order valence-corrected chi connectivity index (χ2v) is 16.4. The van der Waals surface area contributed by atoms with Gasteiger partial charge >= 0.3 is 5.97 Å². The standard InChI is InChI=1S/C52H44N6O5/c1-57(32-34-14-5-2-6-15-34)29-13-16-33-23-28-40-39(30-33)52(51(62)56-40)44(49(60)53-31-43-54-41-21-11-12-22-42(41)55-43)46-50(61)63-47(36-19-9-4-10-20-36)45(35-17-7-3-8-18-35)58(46)48(52)37-24-26-38(59)27-25-37/h2-12,14-15,17-28,30,44-48,59H,29,31-32H2,1H3,(H,53,60)(H,54,55)(H,56,62)/t44-,45-,46-,47+,48+,52-/m0/s1. The number of ether oxygens (including phenoxy) is 1. The maximum absolute atomic E-state index is 15.5. The third-order valence-electron chi connectivity index (χ3n) is 12.5. The Kier molecular flexibility index (Phi) is 10.3. The number of carbonyl (C=O) groups is 3. The number of phenols is 1. The molecule has 0 bridgehead atoms. The fourth-order valence-electron chi connectivity index (χ4n) is 9.93. The summed E-state index contributed by atoms with van der Waals surface area (Å²) in [6.07, 6.45) is -0.805. The molecule has 0 saturated carbocycles. The van der Waals surface area contributed by atoms with Crippen LogP contribution in [0.2, 0.25) is 0 Å². The van der Waals surface area contributed by atoms with Crippen LogP contribution in [0.25, 0.3) is 11.0 Å². The van der Waals surface area contributed by atoms with Crippen LogP contribution in [0, 0.1) is 17.8 Å². The summed E-state index contributed by atoms with van der Waals surface area (Å²) in [5, 5.41) is 16.9. The highest BCUT2D eigenvalue weighted by Crippen LogP contribution is 2.64. The van der Waals surface area contributed by atoms with Crippen molar-refractivity contribution < 1.29 is 24.2 Å². The predicted molar refractivity (Wildman–Crippen MR) is 239 cm³/mol. The molecular weight excluding hydrogens is 789 g/mol. The van der Waals surface area contributed by atoms with Crippen molar-refractivity contribution in [2.24, 2.45) is 5.92 Å². The molecule has 1 aromatic heterocycles. The number of hydrogen-bond acceptors (Lipinski definition) is 8. The van der Waals surface area contributed by atoms with Crippen molar-refractivity contribution in [1.82, 2.24) is 25.1 Å². The molecule has 2 saturated heterocycles. The van der Waals surface area contributed by atoms with Crippen molar-refractivity contribution in [1.29, 1.82) is 0 Å². The molecule has 63 heavy (non-hydrogen) atoms. The molecular formula is C52H44N6O5. The average molecular weight is 833 g/mol. The van der Waals surface area contributed by atoms with Crippen molar-refractivity contribution >= 4 is 34.5 Å². The summed E-state index contributed by atoms with van der Waals surface area (Å²) in [6.45, 7) is 1.22. The number of anilines is 1. The number of cyclic esters (lactones) is 1. The van der Waals surface area contributed by atoms with Gasteiger partial charge in [-0.1, -0.05) is 127 Å². The van der Waals surface area contributed by atoms with E-state index in [2.05, 4.69) is 44.5 Å². The van der Waals surface area contributed by atoms with E-state index < -0.39 is 53.3 Å². The highest BCUT2D eigenvalue weighted by Gasteiger charge is 2.74. The van der Waals surface area contributed by atoms with Crippen LogP contribution in [0.3, 0.4) is 0 Å². The largest absolute Gasteiger partial charge is 0.508 e. The highest BCUT2D eigenvalue weighted by atomic mass is 16.6. The summed E-state index contributed by atoms with van der Waals surface area (Å²) in [5.41, 5.74) is 4.99. The monoisotopic (exact) mass is 832 g/mol. The van der Waals surface area contributed by atoms with Gasteiger partial charge in [0.15, 0.2) is 0 Å². The Morgan fingerprint density at radius 2 is 1.51 bits per heavy atom. The smallest absolute Gasteiger partial charge is 0.324 e. The van der Waals surface area contributed by atoms with Crippen molar-refractivity contribution in [3.8, 4) is 17.6 Å². The van der Waals surface area contributed by atoms with Gasteiger partial charge in [0.05, 0.1) is 42.1 Å². The lowest BCUT2D eigenvalue weighted by Gasteiger charge is -2.46. The second kappa shape index (κ2) is 16.4. The summed E-state index contributed by atoms with van der Waals surface area (Å²) in [7, 11) is 2.01. The number of nitrogens with zero attached hydrogens (tertiary/aromatic N) is 3. The number of esters is 1. The van der Waals surface area contributed by atoms with Crippen LogP contribution in [0.1, 0.15) is 57.4 Å². The van der Waals surface area contributed by atoms with Gasteiger partial charge in [-0.05, 0) is 77.3 Å². The van der Waals surface area contributed by atoms with E-state index in [0.717, 1.165) is 28.7 Å². The fourth-order valence-corrected chi connectivity index (χ4v) is 9.93. The zero-order valence-electron chi connectivity index (χ0n) is 34.4. The van der Waals surface area contributed by atoms with E-state index in [1.54, 1.807) is 24.3 Å². The normalized spacial score (nSPS) is 22.5. The lowest BCUT2D eigenvalue weighted by molar-refractivity contribution is -0.178. The lowest BCUT2D eigenvalue weighted by Crippen LogP contribution is -2.54. The number of hydrogen-bond donors (Lipinski definition) is 4. The van der Waals surface area contributed by atoms with E-state index in [1.807, 2.05) is 133 Å². The molecule has 6 aromatic carbocycles. The number of para-hydroxylation sites is 2. The summed E-state index contributed by atoms with van der Waals surface area (Å²) in [5.74, 6) is 4.32. The number of rotatable bonds is 9. The molecule has 10 rings (SSSR count). The first-order valence-electron chi connectivity index (χ1n) is 21.0. The first-order valence-corrected chi connectivity index (χ1v) is 21.0. The van der Waals surface area contributed by atoms with Crippen LogP contribution in [-0.4, -0.2) is 62.3 Å². The van der Waals surface area contributed by atoms with Gasteiger partial charge in [0.1, 0.15) is 29.1 Å². The van der Waals surface area contributed by atoms with Crippen LogP contribution in [0.15, 0.2) is 158 Å². The Hall–Kier alpha value is -7.52. The first-order chi connectivity index (χ1) is 30.8. The second-order valence-electron chi connectivity index (χ2n) is 16.4. The number of H-pyrrole nitrogens is 1. The molecule has 0 aliphatic carbocycles. The number of aromatic nitrogens is 2. The molecule has 7 aromatic rings. The number of imidazole rings is 1. The Balaban J connectivity index is 1.14. The van der Waals surface area contributed by atoms with Crippen molar-refractivity contribution in [2.75, 3.05) is 18.9 Å². The lowest BCUT2D eigenvalue weighted by atomic mass is 9.65. The number of aromatic hydroxyl groups is 1. The molecule has 2 amide bonds. The van der Waals surface area contributed by atoms with Gasteiger partial charge in [0.2, 0.25) is 11.8 Å². The van der Waals surface area contributed by atoms with Crippen LogP contribution in [-0.2, 0) is 37.6 Å². The Morgan fingerprint density at radius 3 is 2.24 bits per heavy atom. The van der Waals surface area contributed by atoms with E-state index in [4.69, 9.17) is 9.72 Å². The molecule has 0 unspecified atom stereocenters. The molecule has 312 valence electrons. The molecule has 2 fully saturated rings. The Labute approximate surface area is 364 Å². The molecule has 4 heterocycles. The summed E-state index contributed by atoms with van der Waals surface area (Å²) in [4.78, 5) is 58.1. The maximum Gasteiger partial charge on any atom is 0.324 e. The molecule has 1 spiro atoms. The third-order valence-corrected chi connectivity index (χ3v) is 12.5. The van der Waals surface area contributed by atoms with Crippen LogP contribution in [0.5, 0.6) is 5.75 Å². The molecule has 0 radical (unpaired) electrons. The summed E-state index contributed by atoms with van der Waals surface area (Å²) >= 11 is 0. The van der Waals surface area contributed by atoms with Crippen LogP contribution < -0.4 is 10.6 Å². The van der Waals surface area contributed by atoms with Crippen molar-refractivity contribution in [3.05, 3.63) is 197 Å². The van der Waals surface area contributed by atoms with Gasteiger partial charge in [0, 0.05) is 17.8 Å². The van der Waals surface area contributed by atoms with Crippen molar-refractivity contribution in [3.63, 3.8) is 0 Å². The van der Waals surface area contributed by atoms with Crippen molar-refractivity contribution in [2.45, 2.75) is 42.7 Å². The average Bonchev–Trinajstić information content (AvgIpc) is 3.96. The number of morpholine rings is 1. The highest BCUT2D eigenvalue weighted by molar-refractivity contribution is 6.12. The molecule has 11 heteroatoms. The molecule has 11 nitrogen and oxygen atoms in total. The number of aromatic amines is 1. The number of benzene rings is 6. The summed E-state index contributed by atoms with van der Waals surface area (Å²) < 4.78 is 6.53. The zero-order chi connectivity index (χ0) is 43.1. The van der Waals surface area contributed by atoms with Gasteiger partial charge in [-0.3, -0.25) is 24.2 Å². The Morgan fingerprint density at radius 1 is 0.825 bits per heavy atom. The number of carbonyl (C=O) groups excluding carboxylic acids is 3. The molecule has 3 aliphatic heterocycles. The third kappa shape index (κ3) is 7.09.